The van der Waals surface area contributed by atoms with Crippen LogP contribution in [-0.4, -0.2) is 33.2 Å². The minimum atomic E-state index is -0.232. The molecule has 1 aliphatic carbocycles. The SMILES string of the molecule is CCCN(C(=O)Cn1nc(C)ccc1=O)C1CCc2ccccc2C1. The molecule has 1 aliphatic rings. The molecule has 1 heterocycles. The lowest BCUT2D eigenvalue weighted by molar-refractivity contribution is -0.134. The van der Waals surface area contributed by atoms with Crippen LogP contribution in [0, 0.1) is 6.92 Å². The lowest BCUT2D eigenvalue weighted by Crippen LogP contribution is -2.46. The maximum absolute atomic E-state index is 12.9. The summed E-state index contributed by atoms with van der Waals surface area (Å²) in [5.41, 5.74) is 3.23. The predicted octanol–water partition coefficient (Wildman–Crippen LogP) is 2.35. The van der Waals surface area contributed by atoms with Crippen molar-refractivity contribution in [2.75, 3.05) is 6.54 Å². The fourth-order valence-electron chi connectivity index (χ4n) is 3.58. The summed E-state index contributed by atoms with van der Waals surface area (Å²) in [5, 5.41) is 4.19. The van der Waals surface area contributed by atoms with Crippen molar-refractivity contribution in [1.29, 1.82) is 0 Å². The summed E-state index contributed by atoms with van der Waals surface area (Å²) in [5.74, 6) is -0.0218. The van der Waals surface area contributed by atoms with Crippen molar-refractivity contribution in [2.45, 2.75) is 52.1 Å². The van der Waals surface area contributed by atoms with Crippen LogP contribution < -0.4 is 5.56 Å². The number of carbonyl (C=O) groups is 1. The molecule has 0 fully saturated rings. The molecule has 0 spiro atoms. The summed E-state index contributed by atoms with van der Waals surface area (Å²) < 4.78 is 1.27. The van der Waals surface area contributed by atoms with Gasteiger partial charge in [-0.05, 0) is 49.8 Å². The highest BCUT2D eigenvalue weighted by Crippen LogP contribution is 2.24. The van der Waals surface area contributed by atoms with Crippen molar-refractivity contribution in [3.05, 3.63) is 63.6 Å². The summed E-state index contributed by atoms with van der Waals surface area (Å²) in [7, 11) is 0. The molecule has 1 amide bonds. The smallest absolute Gasteiger partial charge is 0.267 e. The number of hydrogen-bond acceptors (Lipinski definition) is 3. The van der Waals surface area contributed by atoms with Gasteiger partial charge in [0.25, 0.3) is 5.56 Å². The first kappa shape index (κ1) is 17.4. The zero-order valence-corrected chi connectivity index (χ0v) is 14.9. The minimum absolute atomic E-state index is 0.0126. The molecule has 1 aromatic heterocycles. The number of aryl methyl sites for hydroxylation is 2. The monoisotopic (exact) mass is 339 g/mol. The average Bonchev–Trinajstić information content (AvgIpc) is 2.62. The molecule has 1 unspecified atom stereocenters. The van der Waals surface area contributed by atoms with Crippen LogP contribution in [0.1, 0.15) is 36.6 Å². The molecule has 1 aromatic carbocycles. The van der Waals surface area contributed by atoms with Gasteiger partial charge in [0.05, 0.1) is 5.69 Å². The van der Waals surface area contributed by atoms with E-state index in [1.54, 1.807) is 6.07 Å². The van der Waals surface area contributed by atoms with Crippen LogP contribution in [0.25, 0.3) is 0 Å². The van der Waals surface area contributed by atoms with E-state index in [0.29, 0.717) is 6.54 Å². The first-order valence-corrected chi connectivity index (χ1v) is 8.99. The fourth-order valence-corrected chi connectivity index (χ4v) is 3.58. The lowest BCUT2D eigenvalue weighted by atomic mass is 9.87. The van der Waals surface area contributed by atoms with Crippen LogP contribution in [0.3, 0.4) is 0 Å². The van der Waals surface area contributed by atoms with E-state index in [-0.39, 0.29) is 24.1 Å². The van der Waals surface area contributed by atoms with Gasteiger partial charge in [-0.2, -0.15) is 5.10 Å². The Morgan fingerprint density at radius 2 is 2.00 bits per heavy atom. The summed E-state index contributed by atoms with van der Waals surface area (Å²) in [6.07, 6.45) is 3.76. The average molecular weight is 339 g/mol. The summed E-state index contributed by atoms with van der Waals surface area (Å²) >= 11 is 0. The Morgan fingerprint density at radius 3 is 2.76 bits per heavy atom. The minimum Gasteiger partial charge on any atom is -0.338 e. The third-order valence-electron chi connectivity index (χ3n) is 4.83. The maximum Gasteiger partial charge on any atom is 0.267 e. The third kappa shape index (κ3) is 3.98. The van der Waals surface area contributed by atoms with Crippen molar-refractivity contribution in [3.8, 4) is 0 Å². The Bertz CT molecular complexity index is 813. The topological polar surface area (TPSA) is 55.2 Å². The van der Waals surface area contributed by atoms with Gasteiger partial charge in [0.1, 0.15) is 6.54 Å². The predicted molar refractivity (Wildman–Crippen MR) is 97.5 cm³/mol. The van der Waals surface area contributed by atoms with Crippen molar-refractivity contribution in [3.63, 3.8) is 0 Å². The molecule has 25 heavy (non-hydrogen) atoms. The van der Waals surface area contributed by atoms with E-state index in [9.17, 15) is 9.59 Å². The van der Waals surface area contributed by atoms with Crippen molar-refractivity contribution >= 4 is 5.91 Å². The largest absolute Gasteiger partial charge is 0.338 e. The number of rotatable bonds is 5. The quantitative estimate of drug-likeness (QED) is 0.840. The van der Waals surface area contributed by atoms with Crippen LogP contribution in [0.5, 0.6) is 0 Å². The van der Waals surface area contributed by atoms with E-state index >= 15 is 0 Å². The Labute approximate surface area is 148 Å². The van der Waals surface area contributed by atoms with Gasteiger partial charge in [-0.3, -0.25) is 9.59 Å². The molecule has 5 heteroatoms. The number of fused-ring (bicyclic) bond motifs is 1. The van der Waals surface area contributed by atoms with Gasteiger partial charge in [-0.25, -0.2) is 4.68 Å². The van der Waals surface area contributed by atoms with Crippen LogP contribution in [-0.2, 0) is 24.2 Å². The van der Waals surface area contributed by atoms with E-state index < -0.39 is 0 Å². The number of amides is 1. The lowest BCUT2D eigenvalue weighted by Gasteiger charge is -2.35. The summed E-state index contributed by atoms with van der Waals surface area (Å²) in [6, 6.07) is 11.8. The van der Waals surface area contributed by atoms with E-state index in [1.165, 1.54) is 21.9 Å². The number of hydrogen-bond donors (Lipinski definition) is 0. The number of benzene rings is 1. The Morgan fingerprint density at radius 1 is 1.24 bits per heavy atom. The number of carbonyl (C=O) groups excluding carboxylic acids is 1. The van der Waals surface area contributed by atoms with Gasteiger partial charge in [0, 0.05) is 18.7 Å². The standard InChI is InChI=1S/C20H25N3O2/c1-3-12-22(18-10-9-16-6-4-5-7-17(16)13-18)20(25)14-23-19(24)11-8-15(2)21-23/h4-8,11,18H,3,9-10,12-14H2,1-2H3. The summed E-state index contributed by atoms with van der Waals surface area (Å²) in [6.45, 7) is 4.63. The second-order valence-corrected chi connectivity index (χ2v) is 6.72. The van der Waals surface area contributed by atoms with E-state index in [2.05, 4.69) is 36.3 Å². The van der Waals surface area contributed by atoms with E-state index in [0.717, 1.165) is 31.4 Å². The fraction of sp³-hybridized carbons (Fsp3) is 0.450. The van der Waals surface area contributed by atoms with Gasteiger partial charge in [0.2, 0.25) is 5.91 Å². The van der Waals surface area contributed by atoms with Gasteiger partial charge in [0.15, 0.2) is 0 Å². The Hall–Kier alpha value is -2.43. The van der Waals surface area contributed by atoms with Crippen LogP contribution in [0.15, 0.2) is 41.2 Å². The highest BCUT2D eigenvalue weighted by Gasteiger charge is 2.27. The van der Waals surface area contributed by atoms with Gasteiger partial charge < -0.3 is 4.90 Å². The molecular weight excluding hydrogens is 314 g/mol. The van der Waals surface area contributed by atoms with Gasteiger partial charge in [-0.1, -0.05) is 31.2 Å². The zero-order valence-electron chi connectivity index (χ0n) is 14.9. The maximum atomic E-state index is 12.9. The molecule has 0 saturated carbocycles. The van der Waals surface area contributed by atoms with Gasteiger partial charge >= 0.3 is 0 Å². The number of nitrogens with zero attached hydrogens (tertiary/aromatic N) is 3. The highest BCUT2D eigenvalue weighted by molar-refractivity contribution is 5.76. The molecule has 0 radical (unpaired) electrons. The second kappa shape index (κ2) is 7.64. The van der Waals surface area contributed by atoms with Crippen LogP contribution >= 0.6 is 0 Å². The van der Waals surface area contributed by atoms with Crippen molar-refractivity contribution in [2.24, 2.45) is 0 Å². The molecule has 0 N–H and O–H groups in total. The highest BCUT2D eigenvalue weighted by atomic mass is 16.2. The molecule has 1 atom stereocenters. The summed E-state index contributed by atoms with van der Waals surface area (Å²) in [4.78, 5) is 26.8. The van der Waals surface area contributed by atoms with Crippen molar-refractivity contribution < 1.29 is 4.79 Å². The zero-order chi connectivity index (χ0) is 17.8. The molecule has 0 saturated heterocycles. The molecule has 2 aromatic rings. The molecule has 5 nitrogen and oxygen atoms in total. The van der Waals surface area contributed by atoms with Crippen LogP contribution in [0.2, 0.25) is 0 Å². The number of aromatic nitrogens is 2. The second-order valence-electron chi connectivity index (χ2n) is 6.72. The van der Waals surface area contributed by atoms with E-state index in [4.69, 9.17) is 0 Å². The Kier molecular flexibility index (Phi) is 5.31. The molecule has 3 rings (SSSR count). The molecular formula is C20H25N3O2. The normalized spacial score (nSPS) is 16.3. The van der Waals surface area contributed by atoms with Crippen LogP contribution in [0.4, 0.5) is 0 Å². The molecule has 132 valence electrons. The molecule has 0 bridgehead atoms. The van der Waals surface area contributed by atoms with E-state index in [1.807, 2.05) is 11.8 Å². The first-order chi connectivity index (χ1) is 12.1. The van der Waals surface area contributed by atoms with Gasteiger partial charge in [-0.15, -0.1) is 0 Å². The third-order valence-corrected chi connectivity index (χ3v) is 4.83. The first-order valence-electron chi connectivity index (χ1n) is 8.99. The van der Waals surface area contributed by atoms with Crippen molar-refractivity contribution in [1.82, 2.24) is 14.7 Å². The Balaban J connectivity index is 1.78. The molecule has 0 aliphatic heterocycles.